The molecule has 1 aliphatic rings. The number of imidazole rings is 1. The number of para-hydroxylation sites is 2. The van der Waals surface area contributed by atoms with Gasteiger partial charge in [0.1, 0.15) is 11.9 Å². The van der Waals surface area contributed by atoms with Crippen LogP contribution >= 0.6 is 0 Å². The maximum atomic E-state index is 12.6. The minimum Gasteiger partial charge on any atom is -0.372 e. The maximum Gasteiger partial charge on any atom is 0.252 e. The van der Waals surface area contributed by atoms with E-state index in [2.05, 4.69) is 9.97 Å². The van der Waals surface area contributed by atoms with Gasteiger partial charge in [0.25, 0.3) is 5.91 Å². The van der Waals surface area contributed by atoms with E-state index in [1.54, 1.807) is 7.11 Å². The van der Waals surface area contributed by atoms with E-state index in [0.29, 0.717) is 6.42 Å². The second-order valence-corrected chi connectivity index (χ2v) is 5.46. The second kappa shape index (κ2) is 5.85. The van der Waals surface area contributed by atoms with Gasteiger partial charge in [0.15, 0.2) is 0 Å². The molecule has 1 aromatic carbocycles. The molecule has 0 aliphatic carbocycles. The van der Waals surface area contributed by atoms with Crippen molar-refractivity contribution in [2.45, 2.75) is 38.3 Å². The van der Waals surface area contributed by atoms with E-state index in [9.17, 15) is 4.79 Å². The fraction of sp³-hybridized carbons (Fsp3) is 0.500. The molecule has 2 aromatic rings. The van der Waals surface area contributed by atoms with Crippen LogP contribution < -0.4 is 0 Å². The number of methoxy groups -OCH3 is 1. The van der Waals surface area contributed by atoms with Gasteiger partial charge < -0.3 is 14.6 Å². The van der Waals surface area contributed by atoms with Crippen molar-refractivity contribution in [2.75, 3.05) is 13.7 Å². The van der Waals surface area contributed by atoms with E-state index in [4.69, 9.17) is 4.74 Å². The summed E-state index contributed by atoms with van der Waals surface area (Å²) in [4.78, 5) is 22.5. The van der Waals surface area contributed by atoms with Crippen molar-refractivity contribution in [3.8, 4) is 0 Å². The van der Waals surface area contributed by atoms with Crippen molar-refractivity contribution in [1.29, 1.82) is 0 Å². The van der Waals surface area contributed by atoms with E-state index in [1.165, 1.54) is 0 Å². The van der Waals surface area contributed by atoms with Gasteiger partial charge in [-0.2, -0.15) is 0 Å². The average molecular weight is 287 g/mol. The number of ether oxygens (including phenoxy) is 1. The zero-order valence-corrected chi connectivity index (χ0v) is 12.5. The highest BCUT2D eigenvalue weighted by Gasteiger charge is 2.35. The second-order valence-electron chi connectivity index (χ2n) is 5.46. The van der Waals surface area contributed by atoms with Gasteiger partial charge in [0, 0.05) is 13.7 Å². The normalized spacial score (nSPS) is 20.1. The lowest BCUT2D eigenvalue weighted by molar-refractivity contribution is -0.143. The van der Waals surface area contributed by atoms with Gasteiger partial charge in [-0.1, -0.05) is 19.1 Å². The number of likely N-dealkylation sites (tertiary alicyclic amines) is 1. The molecule has 0 radical (unpaired) electrons. The molecule has 1 amide bonds. The Kier molecular flexibility index (Phi) is 3.92. The predicted molar refractivity (Wildman–Crippen MR) is 80.9 cm³/mol. The summed E-state index contributed by atoms with van der Waals surface area (Å²) >= 11 is 0. The Hall–Kier alpha value is -1.88. The van der Waals surface area contributed by atoms with E-state index < -0.39 is 0 Å². The monoisotopic (exact) mass is 287 g/mol. The summed E-state index contributed by atoms with van der Waals surface area (Å²) in [7, 11) is 1.60. The lowest BCUT2D eigenvalue weighted by Gasteiger charge is -2.26. The van der Waals surface area contributed by atoms with Crippen molar-refractivity contribution < 1.29 is 9.53 Å². The van der Waals surface area contributed by atoms with E-state index in [0.717, 1.165) is 36.2 Å². The van der Waals surface area contributed by atoms with Gasteiger partial charge in [-0.25, -0.2) is 4.98 Å². The molecule has 112 valence electrons. The number of carbonyl (C=O) groups excluding carboxylic acids is 1. The predicted octanol–water partition coefficient (Wildman–Crippen LogP) is 2.65. The van der Waals surface area contributed by atoms with Crippen molar-refractivity contribution in [1.82, 2.24) is 14.9 Å². The summed E-state index contributed by atoms with van der Waals surface area (Å²) in [5, 5.41) is 0. The molecule has 2 atom stereocenters. The molecule has 2 heterocycles. The molecular formula is C16H21N3O2. The largest absolute Gasteiger partial charge is 0.372 e. The number of rotatable bonds is 4. The Morgan fingerprint density at radius 3 is 3.05 bits per heavy atom. The lowest BCUT2D eigenvalue weighted by atomic mass is 10.2. The number of hydrogen-bond acceptors (Lipinski definition) is 3. The van der Waals surface area contributed by atoms with Gasteiger partial charge in [-0.15, -0.1) is 0 Å². The molecule has 1 aromatic heterocycles. The topological polar surface area (TPSA) is 58.2 Å². The average Bonchev–Trinajstić information content (AvgIpc) is 3.14. The number of nitrogens with zero attached hydrogens (tertiary/aromatic N) is 2. The Bertz CT molecular complexity index is 600. The van der Waals surface area contributed by atoms with Crippen LogP contribution in [0.3, 0.4) is 0 Å². The van der Waals surface area contributed by atoms with Crippen molar-refractivity contribution in [3.63, 3.8) is 0 Å². The van der Waals surface area contributed by atoms with Crippen LogP contribution in [0.2, 0.25) is 0 Å². The number of amides is 1. The van der Waals surface area contributed by atoms with Crippen LogP contribution in [0, 0.1) is 0 Å². The summed E-state index contributed by atoms with van der Waals surface area (Å²) in [6, 6.07) is 7.99. The molecule has 0 unspecified atom stereocenters. The molecule has 21 heavy (non-hydrogen) atoms. The standard InChI is InChI=1S/C16H21N3O2/c1-3-14(21-2)16(20)19-10-6-9-13(19)15-17-11-7-4-5-8-12(11)18-15/h4-5,7-8,13-14H,3,6,9-10H2,1-2H3,(H,17,18)/t13-,14+/m0/s1. The number of hydrogen-bond donors (Lipinski definition) is 1. The molecule has 1 aliphatic heterocycles. The van der Waals surface area contributed by atoms with Crippen LogP contribution in [0.15, 0.2) is 24.3 Å². The lowest BCUT2D eigenvalue weighted by Crippen LogP contribution is -2.39. The molecule has 3 rings (SSSR count). The van der Waals surface area contributed by atoms with E-state index >= 15 is 0 Å². The van der Waals surface area contributed by atoms with Gasteiger partial charge in [-0.05, 0) is 31.4 Å². The molecular weight excluding hydrogens is 266 g/mol. The van der Waals surface area contributed by atoms with Crippen LogP contribution in [0.4, 0.5) is 0 Å². The molecule has 1 N–H and O–H groups in total. The molecule has 0 saturated carbocycles. The zero-order chi connectivity index (χ0) is 14.8. The molecule has 5 heteroatoms. The Morgan fingerprint density at radius 2 is 2.33 bits per heavy atom. The summed E-state index contributed by atoms with van der Waals surface area (Å²) in [6.45, 7) is 2.75. The minimum absolute atomic E-state index is 0.0362. The third-order valence-electron chi connectivity index (χ3n) is 4.19. The van der Waals surface area contributed by atoms with E-state index in [1.807, 2.05) is 36.1 Å². The first-order valence-electron chi connectivity index (χ1n) is 7.52. The van der Waals surface area contributed by atoms with Gasteiger partial charge >= 0.3 is 0 Å². The number of carbonyl (C=O) groups is 1. The first-order valence-corrected chi connectivity index (χ1v) is 7.52. The number of nitrogens with one attached hydrogen (secondary N) is 1. The number of H-pyrrole nitrogens is 1. The van der Waals surface area contributed by atoms with Crippen LogP contribution in [0.1, 0.15) is 38.1 Å². The number of benzene rings is 1. The molecule has 1 fully saturated rings. The Labute approximate surface area is 124 Å². The molecule has 0 bridgehead atoms. The van der Waals surface area contributed by atoms with Gasteiger partial charge in [-0.3, -0.25) is 4.79 Å². The number of aromatic amines is 1. The van der Waals surface area contributed by atoms with Crippen LogP contribution in [-0.2, 0) is 9.53 Å². The van der Waals surface area contributed by atoms with Gasteiger partial charge in [0.05, 0.1) is 17.1 Å². The molecule has 5 nitrogen and oxygen atoms in total. The van der Waals surface area contributed by atoms with Crippen molar-refractivity contribution in [2.24, 2.45) is 0 Å². The Morgan fingerprint density at radius 1 is 1.52 bits per heavy atom. The first-order chi connectivity index (χ1) is 10.2. The molecule has 0 spiro atoms. The quantitative estimate of drug-likeness (QED) is 0.940. The highest BCUT2D eigenvalue weighted by Crippen LogP contribution is 2.32. The van der Waals surface area contributed by atoms with E-state index in [-0.39, 0.29) is 18.1 Å². The maximum absolute atomic E-state index is 12.6. The van der Waals surface area contributed by atoms with Crippen molar-refractivity contribution in [3.05, 3.63) is 30.1 Å². The van der Waals surface area contributed by atoms with Crippen LogP contribution in [0.25, 0.3) is 11.0 Å². The number of fused-ring (bicyclic) bond motifs is 1. The number of aromatic nitrogens is 2. The molecule has 1 saturated heterocycles. The highest BCUT2D eigenvalue weighted by molar-refractivity contribution is 5.82. The fourth-order valence-electron chi connectivity index (χ4n) is 3.07. The third kappa shape index (κ3) is 2.53. The van der Waals surface area contributed by atoms with Crippen LogP contribution in [-0.4, -0.2) is 40.5 Å². The zero-order valence-electron chi connectivity index (χ0n) is 12.5. The Balaban J connectivity index is 1.88. The van der Waals surface area contributed by atoms with Crippen molar-refractivity contribution >= 4 is 16.9 Å². The highest BCUT2D eigenvalue weighted by atomic mass is 16.5. The summed E-state index contributed by atoms with van der Waals surface area (Å²) in [5.74, 6) is 0.955. The summed E-state index contributed by atoms with van der Waals surface area (Å²) < 4.78 is 5.29. The summed E-state index contributed by atoms with van der Waals surface area (Å²) in [5.41, 5.74) is 1.97. The SMILES string of the molecule is CC[C@@H](OC)C(=O)N1CCC[C@H]1c1nc2ccccc2[nH]1. The van der Waals surface area contributed by atoms with Crippen LogP contribution in [0.5, 0.6) is 0 Å². The summed E-state index contributed by atoms with van der Waals surface area (Å²) in [6.07, 6.45) is 2.30. The fourth-order valence-corrected chi connectivity index (χ4v) is 3.07. The third-order valence-corrected chi connectivity index (χ3v) is 4.19. The first kappa shape index (κ1) is 14.1. The minimum atomic E-state index is -0.352. The smallest absolute Gasteiger partial charge is 0.252 e. The van der Waals surface area contributed by atoms with Gasteiger partial charge in [0.2, 0.25) is 0 Å².